The zero-order chi connectivity index (χ0) is 19.9. The Kier molecular flexibility index (Phi) is 6.66. The molecule has 0 saturated heterocycles. The lowest BCUT2D eigenvalue weighted by molar-refractivity contribution is -0.131. The highest BCUT2D eigenvalue weighted by atomic mass is 32.2. The third-order valence-electron chi connectivity index (χ3n) is 4.40. The zero-order valence-electron chi connectivity index (χ0n) is 16.0. The van der Waals surface area contributed by atoms with Crippen molar-refractivity contribution in [1.29, 1.82) is 0 Å². The molecule has 3 rings (SSSR count). The van der Waals surface area contributed by atoms with Gasteiger partial charge in [0.1, 0.15) is 0 Å². The first-order valence-corrected chi connectivity index (χ1v) is 10.2. The number of rotatable bonds is 7. The first-order valence-electron chi connectivity index (χ1n) is 9.17. The second kappa shape index (κ2) is 9.37. The van der Waals surface area contributed by atoms with Crippen LogP contribution in [0.1, 0.15) is 12.5 Å². The van der Waals surface area contributed by atoms with E-state index in [-0.39, 0.29) is 24.1 Å². The Balaban J connectivity index is 1.52. The van der Waals surface area contributed by atoms with Gasteiger partial charge in [0.25, 0.3) is 0 Å². The molecule has 6 heteroatoms. The summed E-state index contributed by atoms with van der Waals surface area (Å²) in [5, 5.41) is 4.75. The lowest BCUT2D eigenvalue weighted by Crippen LogP contribution is -2.36. The van der Waals surface area contributed by atoms with Gasteiger partial charge in [-0.3, -0.25) is 9.59 Å². The molecule has 1 aromatic heterocycles. The Morgan fingerprint density at radius 2 is 1.79 bits per heavy atom. The van der Waals surface area contributed by atoms with E-state index in [1.807, 2.05) is 67.6 Å². The van der Waals surface area contributed by atoms with Crippen molar-refractivity contribution in [2.24, 2.45) is 0 Å². The van der Waals surface area contributed by atoms with Crippen LogP contribution in [-0.4, -0.2) is 41.0 Å². The number of nitrogens with zero attached hydrogens (tertiary/aromatic N) is 2. The molecule has 1 N–H and O–H groups in total. The molecule has 0 atom stereocenters. The van der Waals surface area contributed by atoms with Crippen LogP contribution in [0.5, 0.6) is 0 Å². The summed E-state index contributed by atoms with van der Waals surface area (Å²) < 4.78 is 0. The molecule has 0 aliphatic rings. The molecule has 0 spiro atoms. The van der Waals surface area contributed by atoms with Gasteiger partial charge in [0.15, 0.2) is 0 Å². The lowest BCUT2D eigenvalue weighted by Gasteiger charge is -2.17. The van der Waals surface area contributed by atoms with E-state index in [1.165, 1.54) is 16.7 Å². The van der Waals surface area contributed by atoms with Crippen LogP contribution in [0.25, 0.3) is 10.9 Å². The number of anilines is 1. The number of fused-ring (bicyclic) bond motifs is 1. The van der Waals surface area contributed by atoms with Gasteiger partial charge >= 0.3 is 0 Å². The number of hydrogen-bond donors (Lipinski definition) is 1. The van der Waals surface area contributed by atoms with Crippen molar-refractivity contribution in [3.05, 3.63) is 66.2 Å². The van der Waals surface area contributed by atoms with Gasteiger partial charge in [0.05, 0.1) is 22.8 Å². The summed E-state index contributed by atoms with van der Waals surface area (Å²) >= 11 is 1.37. The third kappa shape index (κ3) is 5.10. The van der Waals surface area contributed by atoms with Crippen LogP contribution in [-0.2, 0) is 16.0 Å². The number of carbonyl (C=O) groups excluding carboxylic acids is 2. The summed E-state index contributed by atoms with van der Waals surface area (Å²) in [6.07, 6.45) is 0.834. The van der Waals surface area contributed by atoms with Crippen molar-refractivity contribution >= 4 is 40.2 Å². The Morgan fingerprint density at radius 3 is 2.61 bits per heavy atom. The predicted octanol–water partition coefficient (Wildman–Crippen LogP) is 3.99. The number of likely N-dealkylation sites (N-methyl/N-ethyl adjacent to an activating group) is 1. The predicted molar refractivity (Wildman–Crippen MR) is 115 cm³/mol. The molecule has 0 radical (unpaired) electrons. The van der Waals surface area contributed by atoms with Crippen LogP contribution in [0.15, 0.2) is 65.7 Å². The molecule has 144 valence electrons. The van der Waals surface area contributed by atoms with Crippen LogP contribution in [0, 0.1) is 0 Å². The smallest absolute Gasteiger partial charge is 0.243 e. The van der Waals surface area contributed by atoms with Crippen LogP contribution in [0.4, 0.5) is 5.69 Å². The topological polar surface area (TPSA) is 62.3 Å². The van der Waals surface area contributed by atoms with E-state index in [9.17, 15) is 9.59 Å². The zero-order valence-corrected chi connectivity index (χ0v) is 16.8. The van der Waals surface area contributed by atoms with E-state index in [1.54, 1.807) is 7.05 Å². The highest BCUT2D eigenvalue weighted by Crippen LogP contribution is 2.20. The second-order valence-electron chi connectivity index (χ2n) is 6.44. The van der Waals surface area contributed by atoms with Crippen LogP contribution in [0.3, 0.4) is 0 Å². The van der Waals surface area contributed by atoms with E-state index < -0.39 is 0 Å². The monoisotopic (exact) mass is 393 g/mol. The van der Waals surface area contributed by atoms with E-state index in [2.05, 4.69) is 10.3 Å². The number of amides is 2. The summed E-state index contributed by atoms with van der Waals surface area (Å²) in [6, 6.07) is 19.5. The lowest BCUT2D eigenvalue weighted by atomic mass is 10.1. The van der Waals surface area contributed by atoms with E-state index in [0.717, 1.165) is 33.6 Å². The Morgan fingerprint density at radius 1 is 1.04 bits per heavy atom. The summed E-state index contributed by atoms with van der Waals surface area (Å²) in [4.78, 5) is 30.7. The van der Waals surface area contributed by atoms with Crippen LogP contribution < -0.4 is 5.32 Å². The summed E-state index contributed by atoms with van der Waals surface area (Å²) in [6.45, 7) is 2.06. The fourth-order valence-electron chi connectivity index (χ4n) is 2.82. The van der Waals surface area contributed by atoms with E-state index in [0.29, 0.717) is 0 Å². The number of aromatic nitrogens is 1. The number of para-hydroxylation sites is 2. The standard InChI is InChI=1S/C22H23N3O2S/c1-3-16-8-4-6-10-18(16)23-20(26)14-25(2)22(27)15-28-21-13-12-17-9-5-7-11-19(17)24-21/h4-13H,3,14-15H2,1-2H3,(H,23,26). The number of carbonyl (C=O) groups is 2. The van der Waals surface area contributed by atoms with Gasteiger partial charge in [0, 0.05) is 18.1 Å². The quantitative estimate of drug-likeness (QED) is 0.617. The maximum Gasteiger partial charge on any atom is 0.243 e. The minimum Gasteiger partial charge on any atom is -0.336 e. The number of hydrogen-bond acceptors (Lipinski definition) is 4. The van der Waals surface area contributed by atoms with Gasteiger partial charge in [-0.15, -0.1) is 0 Å². The molecule has 0 bridgehead atoms. The summed E-state index contributed by atoms with van der Waals surface area (Å²) in [5.74, 6) is -0.0785. The Bertz CT molecular complexity index is 990. The molecule has 0 saturated carbocycles. The van der Waals surface area contributed by atoms with Crippen molar-refractivity contribution in [3.8, 4) is 0 Å². The molecule has 5 nitrogen and oxygen atoms in total. The molecule has 28 heavy (non-hydrogen) atoms. The minimum absolute atomic E-state index is 0.0165. The first-order chi connectivity index (χ1) is 13.6. The normalized spacial score (nSPS) is 10.6. The van der Waals surface area contributed by atoms with Gasteiger partial charge < -0.3 is 10.2 Å². The van der Waals surface area contributed by atoms with E-state index >= 15 is 0 Å². The van der Waals surface area contributed by atoms with Crippen molar-refractivity contribution in [3.63, 3.8) is 0 Å². The van der Waals surface area contributed by atoms with Crippen molar-refractivity contribution in [2.45, 2.75) is 18.4 Å². The maximum atomic E-state index is 12.4. The number of thioether (sulfide) groups is 1. The molecular weight excluding hydrogens is 370 g/mol. The van der Waals surface area contributed by atoms with Gasteiger partial charge in [-0.25, -0.2) is 4.98 Å². The maximum absolute atomic E-state index is 12.4. The number of aryl methyl sites for hydroxylation is 1. The Labute approximate surface area is 169 Å². The van der Waals surface area contributed by atoms with Crippen LogP contribution in [0.2, 0.25) is 0 Å². The molecule has 0 aliphatic carbocycles. The third-order valence-corrected chi connectivity index (χ3v) is 5.31. The highest BCUT2D eigenvalue weighted by molar-refractivity contribution is 7.99. The SMILES string of the molecule is CCc1ccccc1NC(=O)CN(C)C(=O)CSc1ccc2ccccc2n1. The van der Waals surface area contributed by atoms with Gasteiger partial charge in [-0.05, 0) is 30.2 Å². The molecule has 3 aromatic rings. The molecule has 1 heterocycles. The first kappa shape index (κ1) is 19.9. The highest BCUT2D eigenvalue weighted by Gasteiger charge is 2.14. The van der Waals surface area contributed by atoms with Gasteiger partial charge in [-0.1, -0.05) is 61.2 Å². The second-order valence-corrected chi connectivity index (χ2v) is 7.44. The number of benzene rings is 2. The number of pyridine rings is 1. The fourth-order valence-corrected chi connectivity index (χ4v) is 3.64. The molecule has 2 aromatic carbocycles. The molecule has 0 unspecified atom stereocenters. The van der Waals surface area contributed by atoms with Crippen molar-refractivity contribution in [2.75, 3.05) is 24.7 Å². The van der Waals surface area contributed by atoms with Crippen LogP contribution >= 0.6 is 11.8 Å². The van der Waals surface area contributed by atoms with Crippen molar-refractivity contribution < 1.29 is 9.59 Å². The minimum atomic E-state index is -0.203. The summed E-state index contributed by atoms with van der Waals surface area (Å²) in [5.41, 5.74) is 2.77. The van der Waals surface area contributed by atoms with Gasteiger partial charge in [-0.2, -0.15) is 0 Å². The molecule has 2 amide bonds. The largest absolute Gasteiger partial charge is 0.336 e. The van der Waals surface area contributed by atoms with Crippen molar-refractivity contribution in [1.82, 2.24) is 9.88 Å². The average molecular weight is 394 g/mol. The van der Waals surface area contributed by atoms with E-state index in [4.69, 9.17) is 0 Å². The average Bonchev–Trinajstić information content (AvgIpc) is 2.72. The summed E-state index contributed by atoms with van der Waals surface area (Å²) in [7, 11) is 1.64. The molecule has 0 fully saturated rings. The fraction of sp³-hybridized carbons (Fsp3) is 0.227. The molecular formula is C22H23N3O2S. The Hall–Kier alpha value is -2.86. The van der Waals surface area contributed by atoms with Gasteiger partial charge in [0.2, 0.25) is 11.8 Å². The number of nitrogens with one attached hydrogen (secondary N) is 1. The molecule has 0 aliphatic heterocycles.